The van der Waals surface area contributed by atoms with E-state index in [1.165, 1.54) is 23.9 Å². The molecule has 3 aromatic rings. The molecule has 0 amide bonds. The number of thioether (sulfide) groups is 1. The SMILES string of the molecule is CCN(CC)CCNc1ccc(-n2cnc3c(c2=O)SC(c2ccc(F)cc2)C3)cc1OC. The molecule has 8 heteroatoms. The van der Waals surface area contributed by atoms with Crippen molar-refractivity contribution in [1.29, 1.82) is 0 Å². The third-order valence-electron chi connectivity index (χ3n) is 5.99. The van der Waals surface area contributed by atoms with E-state index in [2.05, 4.69) is 29.0 Å². The molecule has 1 N–H and O–H groups in total. The van der Waals surface area contributed by atoms with Gasteiger partial charge >= 0.3 is 0 Å². The van der Waals surface area contributed by atoms with E-state index in [0.717, 1.165) is 43.1 Å². The molecule has 33 heavy (non-hydrogen) atoms. The Labute approximate surface area is 197 Å². The van der Waals surface area contributed by atoms with E-state index in [9.17, 15) is 9.18 Å². The summed E-state index contributed by atoms with van der Waals surface area (Å²) in [5, 5.41) is 3.48. The zero-order chi connectivity index (χ0) is 23.4. The first-order chi connectivity index (χ1) is 16.0. The molecule has 0 saturated carbocycles. The lowest BCUT2D eigenvalue weighted by Crippen LogP contribution is -2.28. The molecule has 1 unspecified atom stereocenters. The second-order valence-electron chi connectivity index (χ2n) is 7.90. The topological polar surface area (TPSA) is 59.4 Å². The van der Waals surface area contributed by atoms with Crippen LogP contribution in [-0.2, 0) is 6.42 Å². The highest BCUT2D eigenvalue weighted by Crippen LogP contribution is 2.44. The van der Waals surface area contributed by atoms with Gasteiger partial charge in [0.05, 0.1) is 29.1 Å². The molecule has 4 rings (SSSR count). The molecule has 1 aromatic heterocycles. The van der Waals surface area contributed by atoms with Crippen molar-refractivity contribution in [2.24, 2.45) is 0 Å². The molecule has 2 heterocycles. The zero-order valence-corrected chi connectivity index (χ0v) is 20.0. The summed E-state index contributed by atoms with van der Waals surface area (Å²) in [6, 6.07) is 12.1. The number of hydrogen-bond acceptors (Lipinski definition) is 6. The number of nitrogens with zero attached hydrogens (tertiary/aromatic N) is 3. The van der Waals surface area contributed by atoms with E-state index in [4.69, 9.17) is 4.74 Å². The number of rotatable bonds is 9. The molecule has 0 saturated heterocycles. The van der Waals surface area contributed by atoms with Crippen molar-refractivity contribution in [3.8, 4) is 11.4 Å². The number of hydrogen-bond donors (Lipinski definition) is 1. The van der Waals surface area contributed by atoms with Crippen LogP contribution >= 0.6 is 11.8 Å². The third kappa shape index (κ3) is 5.07. The summed E-state index contributed by atoms with van der Waals surface area (Å²) >= 11 is 1.50. The smallest absolute Gasteiger partial charge is 0.271 e. The number of benzene rings is 2. The Bertz CT molecular complexity index is 1160. The number of aromatic nitrogens is 2. The molecule has 0 spiro atoms. The molecule has 6 nitrogen and oxygen atoms in total. The van der Waals surface area contributed by atoms with Crippen LogP contribution in [-0.4, -0.2) is 47.7 Å². The number of halogens is 1. The summed E-state index contributed by atoms with van der Waals surface area (Å²) in [6.45, 7) is 8.09. The van der Waals surface area contributed by atoms with Gasteiger partial charge in [-0.2, -0.15) is 0 Å². The van der Waals surface area contributed by atoms with Gasteiger partial charge in [0.25, 0.3) is 5.56 Å². The number of methoxy groups -OCH3 is 1. The third-order valence-corrected chi connectivity index (χ3v) is 7.36. The highest BCUT2D eigenvalue weighted by Gasteiger charge is 2.28. The molecule has 2 aromatic carbocycles. The van der Waals surface area contributed by atoms with Crippen molar-refractivity contribution in [3.63, 3.8) is 0 Å². The van der Waals surface area contributed by atoms with Crippen molar-refractivity contribution in [2.75, 3.05) is 38.6 Å². The monoisotopic (exact) mass is 468 g/mol. The van der Waals surface area contributed by atoms with E-state index in [1.807, 2.05) is 18.2 Å². The normalized spacial score (nSPS) is 15.0. The molecule has 0 radical (unpaired) electrons. The van der Waals surface area contributed by atoms with Crippen LogP contribution in [0, 0.1) is 5.82 Å². The van der Waals surface area contributed by atoms with E-state index < -0.39 is 0 Å². The number of anilines is 1. The molecule has 1 atom stereocenters. The predicted molar refractivity (Wildman–Crippen MR) is 131 cm³/mol. The van der Waals surface area contributed by atoms with Gasteiger partial charge in [0.1, 0.15) is 17.9 Å². The van der Waals surface area contributed by atoms with Crippen LogP contribution in [0.5, 0.6) is 5.75 Å². The lowest BCUT2D eigenvalue weighted by atomic mass is 10.1. The Morgan fingerprint density at radius 2 is 1.97 bits per heavy atom. The van der Waals surface area contributed by atoms with Gasteiger partial charge in [0, 0.05) is 30.8 Å². The Hall–Kier alpha value is -2.84. The maximum atomic E-state index is 13.3. The first-order valence-electron chi connectivity index (χ1n) is 11.2. The maximum Gasteiger partial charge on any atom is 0.271 e. The Balaban J connectivity index is 1.54. The summed E-state index contributed by atoms with van der Waals surface area (Å²) in [4.78, 5) is 20.8. The van der Waals surface area contributed by atoms with Crippen LogP contribution in [0.3, 0.4) is 0 Å². The number of ether oxygens (including phenoxy) is 1. The van der Waals surface area contributed by atoms with Gasteiger partial charge in [0.15, 0.2) is 0 Å². The van der Waals surface area contributed by atoms with Crippen LogP contribution in [0.1, 0.15) is 30.4 Å². The molecule has 0 fully saturated rings. The highest BCUT2D eigenvalue weighted by atomic mass is 32.2. The molecular weight excluding hydrogens is 439 g/mol. The minimum Gasteiger partial charge on any atom is -0.495 e. The maximum absolute atomic E-state index is 13.3. The number of nitrogens with one attached hydrogen (secondary N) is 1. The lowest BCUT2D eigenvalue weighted by molar-refractivity contribution is 0.316. The average molecular weight is 469 g/mol. The molecule has 174 valence electrons. The van der Waals surface area contributed by atoms with Crippen molar-refractivity contribution >= 4 is 17.4 Å². The fraction of sp³-hybridized carbons (Fsp3) is 0.360. The van der Waals surface area contributed by atoms with E-state index in [0.29, 0.717) is 22.8 Å². The van der Waals surface area contributed by atoms with Gasteiger partial charge in [-0.3, -0.25) is 9.36 Å². The van der Waals surface area contributed by atoms with Gasteiger partial charge in [-0.1, -0.05) is 26.0 Å². The van der Waals surface area contributed by atoms with Crippen molar-refractivity contribution < 1.29 is 9.13 Å². The van der Waals surface area contributed by atoms with E-state index >= 15 is 0 Å². The molecule has 0 bridgehead atoms. The van der Waals surface area contributed by atoms with Crippen LogP contribution in [0.25, 0.3) is 5.69 Å². The molecule has 1 aliphatic heterocycles. The second kappa shape index (κ2) is 10.4. The minimum atomic E-state index is -0.264. The van der Waals surface area contributed by atoms with Gasteiger partial charge in [-0.15, -0.1) is 11.8 Å². The van der Waals surface area contributed by atoms with Crippen molar-refractivity contribution in [3.05, 3.63) is 76.2 Å². The van der Waals surface area contributed by atoms with Crippen LogP contribution in [0.4, 0.5) is 10.1 Å². The van der Waals surface area contributed by atoms with Crippen LogP contribution in [0.15, 0.2) is 58.5 Å². The fourth-order valence-corrected chi connectivity index (χ4v) is 5.30. The lowest BCUT2D eigenvalue weighted by Gasteiger charge is -2.19. The highest BCUT2D eigenvalue weighted by molar-refractivity contribution is 7.99. The molecule has 1 aliphatic rings. The largest absolute Gasteiger partial charge is 0.495 e. The summed E-state index contributed by atoms with van der Waals surface area (Å²) in [5.74, 6) is 0.413. The van der Waals surface area contributed by atoms with Gasteiger partial charge in [-0.05, 0) is 42.9 Å². The van der Waals surface area contributed by atoms with Gasteiger partial charge in [0.2, 0.25) is 0 Å². The van der Waals surface area contributed by atoms with Crippen molar-refractivity contribution in [2.45, 2.75) is 30.4 Å². The summed E-state index contributed by atoms with van der Waals surface area (Å²) in [6.07, 6.45) is 2.23. The number of likely N-dealkylation sites (N-methyl/N-ethyl adjacent to an activating group) is 1. The second-order valence-corrected chi connectivity index (χ2v) is 9.11. The number of fused-ring (bicyclic) bond motifs is 1. The average Bonchev–Trinajstić information content (AvgIpc) is 3.28. The molecular formula is C25H29FN4O2S. The standard InChI is InChI=1S/C25H29FN4O2S/c1-4-29(5-2)13-12-27-20-11-10-19(14-22(20)32-3)30-16-28-21-15-23(33-24(21)25(30)31)17-6-8-18(26)9-7-17/h6-11,14,16,23,27H,4-5,12-13,15H2,1-3H3. The fourth-order valence-electron chi connectivity index (χ4n) is 4.01. The Morgan fingerprint density at radius 1 is 1.21 bits per heavy atom. The minimum absolute atomic E-state index is 0.0589. The van der Waals surface area contributed by atoms with Gasteiger partial charge in [-0.25, -0.2) is 9.37 Å². The first-order valence-corrected chi connectivity index (χ1v) is 12.1. The zero-order valence-electron chi connectivity index (χ0n) is 19.2. The summed E-state index contributed by atoms with van der Waals surface area (Å²) in [7, 11) is 1.63. The Morgan fingerprint density at radius 3 is 2.67 bits per heavy atom. The van der Waals surface area contributed by atoms with E-state index in [1.54, 1.807) is 30.1 Å². The van der Waals surface area contributed by atoms with Crippen LogP contribution < -0.4 is 15.6 Å². The predicted octanol–water partition coefficient (Wildman–Crippen LogP) is 4.52. The molecule has 0 aliphatic carbocycles. The quantitative estimate of drug-likeness (QED) is 0.498. The summed E-state index contributed by atoms with van der Waals surface area (Å²) in [5.41, 5.74) is 3.27. The van der Waals surface area contributed by atoms with Gasteiger partial charge < -0.3 is 15.0 Å². The Kier molecular flexibility index (Phi) is 7.35. The first kappa shape index (κ1) is 23.3. The van der Waals surface area contributed by atoms with Crippen LogP contribution in [0.2, 0.25) is 0 Å². The van der Waals surface area contributed by atoms with E-state index in [-0.39, 0.29) is 16.6 Å². The van der Waals surface area contributed by atoms with Crippen molar-refractivity contribution in [1.82, 2.24) is 14.5 Å². The summed E-state index contributed by atoms with van der Waals surface area (Å²) < 4.78 is 20.4.